The zero-order chi connectivity index (χ0) is 10.3. The zero-order valence-corrected chi connectivity index (χ0v) is 8.26. The lowest BCUT2D eigenvalue weighted by Crippen LogP contribution is -2.04. The van der Waals surface area contributed by atoms with Gasteiger partial charge >= 0.3 is 0 Å². The summed E-state index contributed by atoms with van der Waals surface area (Å²) in [6.45, 7) is 4.61. The number of phenols is 1. The summed E-state index contributed by atoms with van der Waals surface area (Å²) >= 11 is 0. The number of phenolic OH excluding ortho intramolecular Hbond substituents is 1. The van der Waals surface area contributed by atoms with Gasteiger partial charge in [0.15, 0.2) is 11.6 Å². The second kappa shape index (κ2) is 6.43. The van der Waals surface area contributed by atoms with E-state index in [1.165, 1.54) is 12.1 Å². The van der Waals surface area contributed by atoms with Crippen LogP contribution in [0.5, 0.6) is 5.75 Å². The molecule has 3 heteroatoms. The molecule has 2 nitrogen and oxygen atoms in total. The minimum Gasteiger partial charge on any atom is -0.505 e. The predicted octanol–water partition coefficient (Wildman–Crippen LogP) is 2.28. The average molecular weight is 185 g/mol. The average Bonchev–Trinajstić information content (AvgIpc) is 2.15. The van der Waals surface area contributed by atoms with Crippen molar-refractivity contribution in [3.63, 3.8) is 0 Å². The van der Waals surface area contributed by atoms with Crippen LogP contribution < -0.4 is 5.32 Å². The van der Waals surface area contributed by atoms with Crippen LogP contribution >= 0.6 is 0 Å². The number of aromatic hydroxyl groups is 1. The van der Waals surface area contributed by atoms with Gasteiger partial charge in [-0.05, 0) is 24.7 Å². The molecule has 0 amide bonds. The first kappa shape index (κ1) is 11.9. The van der Waals surface area contributed by atoms with E-state index in [2.05, 4.69) is 5.32 Å². The molecule has 0 spiro atoms. The summed E-state index contributed by atoms with van der Waals surface area (Å²) in [5.41, 5.74) is 0.822. The van der Waals surface area contributed by atoms with Crippen LogP contribution in [0.1, 0.15) is 19.4 Å². The highest BCUT2D eigenvalue weighted by atomic mass is 19.1. The fourth-order valence-electron chi connectivity index (χ4n) is 0.864. The molecule has 0 aliphatic rings. The molecule has 0 aliphatic carbocycles. The van der Waals surface area contributed by atoms with Crippen molar-refractivity contribution in [2.45, 2.75) is 20.4 Å². The van der Waals surface area contributed by atoms with Crippen molar-refractivity contribution < 1.29 is 9.50 Å². The topological polar surface area (TPSA) is 32.3 Å². The van der Waals surface area contributed by atoms with Crippen LogP contribution in [0.2, 0.25) is 0 Å². The van der Waals surface area contributed by atoms with E-state index in [0.717, 1.165) is 5.56 Å². The van der Waals surface area contributed by atoms with Crippen LogP contribution in [0.4, 0.5) is 4.39 Å². The van der Waals surface area contributed by atoms with Gasteiger partial charge in [0.2, 0.25) is 0 Å². The van der Waals surface area contributed by atoms with E-state index in [4.69, 9.17) is 5.11 Å². The molecule has 0 aromatic heterocycles. The molecule has 1 rings (SSSR count). The molecule has 2 N–H and O–H groups in total. The van der Waals surface area contributed by atoms with Crippen molar-refractivity contribution in [1.82, 2.24) is 5.32 Å². The van der Waals surface area contributed by atoms with Gasteiger partial charge in [-0.2, -0.15) is 0 Å². The summed E-state index contributed by atoms with van der Waals surface area (Å²) in [4.78, 5) is 0. The van der Waals surface area contributed by atoms with Gasteiger partial charge in [-0.1, -0.05) is 19.9 Å². The summed E-state index contributed by atoms with van der Waals surface area (Å²) in [5, 5.41) is 11.7. The third-order valence-electron chi connectivity index (χ3n) is 1.39. The summed E-state index contributed by atoms with van der Waals surface area (Å²) in [6, 6.07) is 4.34. The molecule has 1 aromatic carbocycles. The van der Waals surface area contributed by atoms with E-state index in [1.807, 2.05) is 13.8 Å². The van der Waals surface area contributed by atoms with Crippen molar-refractivity contribution in [2.24, 2.45) is 0 Å². The molecule has 0 atom stereocenters. The molecule has 0 fully saturated rings. The molecule has 0 unspecified atom stereocenters. The van der Waals surface area contributed by atoms with E-state index in [1.54, 1.807) is 13.1 Å². The number of benzene rings is 1. The van der Waals surface area contributed by atoms with Crippen molar-refractivity contribution in [2.75, 3.05) is 7.05 Å². The molecule has 0 saturated carbocycles. The number of nitrogens with one attached hydrogen (secondary N) is 1. The number of rotatable bonds is 2. The first-order valence-corrected chi connectivity index (χ1v) is 4.36. The number of halogens is 1. The highest BCUT2D eigenvalue weighted by molar-refractivity contribution is 5.27. The van der Waals surface area contributed by atoms with Crippen molar-refractivity contribution in [3.8, 4) is 5.75 Å². The van der Waals surface area contributed by atoms with Crippen LogP contribution in [-0.2, 0) is 6.54 Å². The normalized spacial score (nSPS) is 8.92. The lowest BCUT2D eigenvalue weighted by molar-refractivity contribution is 0.431. The maximum Gasteiger partial charge on any atom is 0.165 e. The Balaban J connectivity index is 0.000000671. The van der Waals surface area contributed by atoms with Gasteiger partial charge in [0.25, 0.3) is 0 Å². The summed E-state index contributed by atoms with van der Waals surface area (Å²) in [5.74, 6) is -0.873. The SMILES string of the molecule is CC.CNCc1ccc(O)c(F)c1. The Hall–Kier alpha value is -1.09. The Kier molecular flexibility index (Phi) is 5.89. The molecular weight excluding hydrogens is 169 g/mol. The molecule has 13 heavy (non-hydrogen) atoms. The van der Waals surface area contributed by atoms with Crippen LogP contribution in [0.15, 0.2) is 18.2 Å². The van der Waals surface area contributed by atoms with Crippen molar-refractivity contribution >= 4 is 0 Å². The molecule has 0 radical (unpaired) electrons. The Morgan fingerprint density at radius 3 is 2.46 bits per heavy atom. The Morgan fingerprint density at radius 2 is 2.00 bits per heavy atom. The standard InChI is InChI=1S/C8H10FNO.C2H6/c1-10-5-6-2-3-8(11)7(9)4-6;1-2/h2-4,10-11H,5H2,1H3;1-2H3. The molecule has 1 aromatic rings. The Bertz CT molecular complexity index is 251. The van der Waals surface area contributed by atoms with Gasteiger partial charge in [-0.25, -0.2) is 4.39 Å². The first-order chi connectivity index (χ1) is 6.24. The molecule has 0 bridgehead atoms. The van der Waals surface area contributed by atoms with E-state index in [9.17, 15) is 4.39 Å². The molecule has 0 aliphatic heterocycles. The summed E-state index contributed by atoms with van der Waals surface area (Å²) < 4.78 is 12.6. The van der Waals surface area contributed by atoms with E-state index in [0.29, 0.717) is 6.54 Å². The fraction of sp³-hybridized carbons (Fsp3) is 0.400. The lowest BCUT2D eigenvalue weighted by Gasteiger charge is -2.00. The molecular formula is C10H16FNO. The summed E-state index contributed by atoms with van der Waals surface area (Å²) in [6.07, 6.45) is 0. The van der Waals surface area contributed by atoms with Gasteiger partial charge in [0.05, 0.1) is 0 Å². The third kappa shape index (κ3) is 3.90. The molecule has 0 heterocycles. The van der Waals surface area contributed by atoms with E-state index >= 15 is 0 Å². The van der Waals surface area contributed by atoms with Gasteiger partial charge in [0, 0.05) is 6.54 Å². The smallest absolute Gasteiger partial charge is 0.165 e. The van der Waals surface area contributed by atoms with Gasteiger partial charge in [-0.3, -0.25) is 0 Å². The monoisotopic (exact) mass is 185 g/mol. The quantitative estimate of drug-likeness (QED) is 0.740. The Labute approximate surface area is 78.4 Å². The minimum atomic E-state index is -0.572. The van der Waals surface area contributed by atoms with Crippen LogP contribution in [0.25, 0.3) is 0 Å². The van der Waals surface area contributed by atoms with Gasteiger partial charge in [-0.15, -0.1) is 0 Å². The predicted molar refractivity (Wildman–Crippen MR) is 52.2 cm³/mol. The second-order valence-corrected chi connectivity index (χ2v) is 2.32. The Morgan fingerprint density at radius 1 is 1.38 bits per heavy atom. The van der Waals surface area contributed by atoms with Crippen LogP contribution in [0, 0.1) is 5.82 Å². The van der Waals surface area contributed by atoms with Gasteiger partial charge in [0.1, 0.15) is 0 Å². The molecule has 0 saturated heterocycles. The second-order valence-electron chi connectivity index (χ2n) is 2.32. The van der Waals surface area contributed by atoms with Gasteiger partial charge < -0.3 is 10.4 Å². The zero-order valence-electron chi connectivity index (χ0n) is 8.26. The fourth-order valence-corrected chi connectivity index (χ4v) is 0.864. The highest BCUT2D eigenvalue weighted by Gasteiger charge is 1.99. The lowest BCUT2D eigenvalue weighted by atomic mass is 10.2. The highest BCUT2D eigenvalue weighted by Crippen LogP contribution is 2.15. The molecule has 74 valence electrons. The van der Waals surface area contributed by atoms with Crippen LogP contribution in [-0.4, -0.2) is 12.2 Å². The largest absolute Gasteiger partial charge is 0.505 e. The number of hydrogen-bond acceptors (Lipinski definition) is 2. The van der Waals surface area contributed by atoms with Crippen LogP contribution in [0.3, 0.4) is 0 Å². The minimum absolute atomic E-state index is 0.301. The number of hydrogen-bond donors (Lipinski definition) is 2. The first-order valence-electron chi connectivity index (χ1n) is 4.36. The maximum absolute atomic E-state index is 12.6. The van der Waals surface area contributed by atoms with Crippen molar-refractivity contribution in [1.29, 1.82) is 0 Å². The van der Waals surface area contributed by atoms with Crippen molar-refractivity contribution in [3.05, 3.63) is 29.6 Å². The van der Waals surface area contributed by atoms with E-state index in [-0.39, 0.29) is 5.75 Å². The maximum atomic E-state index is 12.6. The third-order valence-corrected chi connectivity index (χ3v) is 1.39. The summed E-state index contributed by atoms with van der Waals surface area (Å²) in [7, 11) is 1.78. The van der Waals surface area contributed by atoms with E-state index < -0.39 is 5.82 Å².